The van der Waals surface area contributed by atoms with Crippen molar-refractivity contribution in [2.45, 2.75) is 26.3 Å². The molecule has 0 aliphatic carbocycles. The van der Waals surface area contributed by atoms with Crippen LogP contribution in [0.15, 0.2) is 59.6 Å². The van der Waals surface area contributed by atoms with Crippen molar-refractivity contribution in [2.75, 3.05) is 18.0 Å². The maximum absolute atomic E-state index is 13.1. The Balaban J connectivity index is 1.94. The molecule has 25 heavy (non-hydrogen) atoms. The average molecular weight is 356 g/mol. The Morgan fingerprint density at radius 3 is 2.28 bits per heavy atom. The van der Waals surface area contributed by atoms with Crippen LogP contribution < -0.4 is 4.90 Å². The number of hydrogen-bond donors (Lipinski definition) is 0. The lowest BCUT2D eigenvalue weighted by Gasteiger charge is -2.27. The van der Waals surface area contributed by atoms with Crippen LogP contribution in [0.5, 0.6) is 0 Å². The maximum atomic E-state index is 13.1. The van der Waals surface area contributed by atoms with Gasteiger partial charge in [0.1, 0.15) is 6.04 Å². The van der Waals surface area contributed by atoms with Crippen LogP contribution >= 0.6 is 11.6 Å². The molecule has 0 radical (unpaired) electrons. The van der Waals surface area contributed by atoms with E-state index in [9.17, 15) is 4.79 Å². The molecule has 2 aromatic rings. The first kappa shape index (κ1) is 17.5. The smallest absolute Gasteiger partial charge is 0.259 e. The lowest BCUT2D eigenvalue weighted by atomic mass is 10.1. The molecule has 130 valence electrons. The molecule has 0 bridgehead atoms. The molecule has 0 saturated heterocycles. The minimum absolute atomic E-state index is 0.00748. The van der Waals surface area contributed by atoms with Gasteiger partial charge in [0, 0.05) is 24.5 Å². The highest BCUT2D eigenvalue weighted by Crippen LogP contribution is 2.26. The van der Waals surface area contributed by atoms with E-state index in [1.807, 2.05) is 42.5 Å². The van der Waals surface area contributed by atoms with Crippen LogP contribution in [0, 0.1) is 0 Å². The van der Waals surface area contributed by atoms with Crippen LogP contribution in [0.1, 0.15) is 19.4 Å². The summed E-state index contributed by atoms with van der Waals surface area (Å²) in [6.45, 7) is 5.73. The lowest BCUT2D eigenvalue weighted by molar-refractivity contribution is -0.118. The molecule has 0 N–H and O–H groups in total. The molecule has 1 amide bonds. The standard InChI is InChI=1S/C20H22ClN3O/c1-3-23(4-2)20-22-18(14-15-8-6-5-7-9-15)19(25)24(20)17-12-10-16(21)11-13-17/h5-13,18H,3-4,14H2,1-2H3/t18-/m0/s1. The molecule has 5 heteroatoms. The van der Waals surface area contributed by atoms with E-state index >= 15 is 0 Å². The van der Waals surface area contributed by atoms with E-state index < -0.39 is 6.04 Å². The van der Waals surface area contributed by atoms with Gasteiger partial charge in [-0.25, -0.2) is 9.89 Å². The van der Waals surface area contributed by atoms with Crippen LogP contribution in [0.25, 0.3) is 0 Å². The summed E-state index contributed by atoms with van der Waals surface area (Å²) >= 11 is 6.00. The summed E-state index contributed by atoms with van der Waals surface area (Å²) in [5.41, 5.74) is 1.91. The van der Waals surface area contributed by atoms with Crippen LogP contribution in [0.4, 0.5) is 5.69 Å². The van der Waals surface area contributed by atoms with Crippen LogP contribution in [0.2, 0.25) is 5.02 Å². The molecular formula is C20H22ClN3O. The van der Waals surface area contributed by atoms with E-state index in [4.69, 9.17) is 16.6 Å². The average Bonchev–Trinajstić information content (AvgIpc) is 2.94. The van der Waals surface area contributed by atoms with Gasteiger partial charge in [0.05, 0.1) is 5.69 Å². The number of carbonyl (C=O) groups excluding carboxylic acids is 1. The highest BCUT2D eigenvalue weighted by molar-refractivity contribution is 6.30. The van der Waals surface area contributed by atoms with Crippen LogP contribution in [-0.2, 0) is 11.2 Å². The van der Waals surface area contributed by atoms with E-state index in [1.165, 1.54) is 0 Å². The maximum Gasteiger partial charge on any atom is 0.259 e. The molecule has 0 saturated carbocycles. The van der Waals surface area contributed by atoms with Crippen LogP contribution in [-0.4, -0.2) is 35.9 Å². The third-order valence-corrected chi connectivity index (χ3v) is 4.63. The van der Waals surface area contributed by atoms with Crippen molar-refractivity contribution >= 4 is 29.2 Å². The fraction of sp³-hybridized carbons (Fsp3) is 0.300. The number of carbonyl (C=O) groups is 1. The number of amides is 1. The van der Waals surface area contributed by atoms with Crippen molar-refractivity contribution < 1.29 is 4.79 Å². The molecule has 1 heterocycles. The molecule has 1 aliphatic rings. The van der Waals surface area contributed by atoms with Crippen molar-refractivity contribution in [1.29, 1.82) is 0 Å². The number of halogens is 1. The number of hydrogen-bond acceptors (Lipinski definition) is 3. The summed E-state index contributed by atoms with van der Waals surface area (Å²) in [4.78, 5) is 21.7. The number of guanidine groups is 1. The third kappa shape index (κ3) is 3.69. The van der Waals surface area contributed by atoms with Crippen molar-refractivity contribution in [3.05, 3.63) is 65.2 Å². The molecule has 4 nitrogen and oxygen atoms in total. The topological polar surface area (TPSA) is 35.9 Å². The number of nitrogens with zero attached hydrogens (tertiary/aromatic N) is 3. The Morgan fingerprint density at radius 1 is 1.04 bits per heavy atom. The van der Waals surface area contributed by atoms with Crippen LogP contribution in [0.3, 0.4) is 0 Å². The van der Waals surface area contributed by atoms with Gasteiger partial charge in [-0.05, 0) is 43.7 Å². The summed E-state index contributed by atoms with van der Waals surface area (Å²) in [7, 11) is 0. The second-order valence-electron chi connectivity index (χ2n) is 5.96. The van der Waals surface area contributed by atoms with Gasteiger partial charge in [0.25, 0.3) is 5.91 Å². The molecule has 0 spiro atoms. The highest BCUT2D eigenvalue weighted by atomic mass is 35.5. The zero-order valence-corrected chi connectivity index (χ0v) is 15.3. The predicted octanol–water partition coefficient (Wildman–Crippen LogP) is 4.00. The number of anilines is 1. The van der Waals surface area contributed by atoms with E-state index in [0.717, 1.165) is 30.3 Å². The van der Waals surface area contributed by atoms with Gasteiger partial charge in [-0.15, -0.1) is 0 Å². The van der Waals surface area contributed by atoms with Crippen molar-refractivity contribution in [1.82, 2.24) is 4.90 Å². The largest absolute Gasteiger partial charge is 0.343 e. The Morgan fingerprint density at radius 2 is 1.68 bits per heavy atom. The van der Waals surface area contributed by atoms with E-state index in [-0.39, 0.29) is 5.91 Å². The fourth-order valence-corrected chi connectivity index (χ4v) is 3.16. The number of rotatable bonds is 5. The van der Waals surface area contributed by atoms with Gasteiger partial charge in [0.15, 0.2) is 0 Å². The summed E-state index contributed by atoms with van der Waals surface area (Å²) in [6.07, 6.45) is 0.606. The summed E-state index contributed by atoms with van der Waals surface area (Å²) in [5.74, 6) is 0.728. The Labute approximate surface area is 153 Å². The van der Waals surface area contributed by atoms with E-state index in [0.29, 0.717) is 11.4 Å². The highest BCUT2D eigenvalue weighted by Gasteiger charge is 2.37. The van der Waals surface area contributed by atoms with Gasteiger partial charge in [-0.3, -0.25) is 4.79 Å². The van der Waals surface area contributed by atoms with Crippen molar-refractivity contribution in [3.8, 4) is 0 Å². The zero-order valence-electron chi connectivity index (χ0n) is 14.5. The van der Waals surface area contributed by atoms with Gasteiger partial charge in [-0.2, -0.15) is 0 Å². The second kappa shape index (κ2) is 7.70. The number of benzene rings is 2. The Kier molecular flexibility index (Phi) is 5.39. The molecule has 0 aromatic heterocycles. The van der Waals surface area contributed by atoms with Crippen molar-refractivity contribution in [2.24, 2.45) is 4.99 Å². The first-order valence-corrected chi connectivity index (χ1v) is 8.98. The Bertz CT molecular complexity index is 754. The molecule has 1 atom stereocenters. The van der Waals surface area contributed by atoms with Crippen molar-refractivity contribution in [3.63, 3.8) is 0 Å². The second-order valence-corrected chi connectivity index (χ2v) is 6.39. The molecule has 0 fully saturated rings. The quantitative estimate of drug-likeness (QED) is 0.812. The molecular weight excluding hydrogens is 334 g/mol. The zero-order chi connectivity index (χ0) is 17.8. The van der Waals surface area contributed by atoms with E-state index in [2.05, 4.69) is 18.7 Å². The normalized spacial score (nSPS) is 16.9. The minimum atomic E-state index is -0.395. The van der Waals surface area contributed by atoms with E-state index in [1.54, 1.807) is 17.0 Å². The van der Waals surface area contributed by atoms with Gasteiger partial charge in [0.2, 0.25) is 5.96 Å². The molecule has 0 unspecified atom stereocenters. The first-order valence-electron chi connectivity index (χ1n) is 8.60. The summed E-state index contributed by atoms with van der Waals surface area (Å²) < 4.78 is 0. The van der Waals surface area contributed by atoms with Gasteiger partial charge >= 0.3 is 0 Å². The van der Waals surface area contributed by atoms with Gasteiger partial charge < -0.3 is 4.90 Å². The minimum Gasteiger partial charge on any atom is -0.343 e. The molecule has 1 aliphatic heterocycles. The lowest BCUT2D eigenvalue weighted by Crippen LogP contribution is -2.45. The molecule has 3 rings (SSSR count). The van der Waals surface area contributed by atoms with Gasteiger partial charge in [-0.1, -0.05) is 41.9 Å². The first-order chi connectivity index (χ1) is 12.1. The number of aliphatic imine (C=N–C) groups is 1. The monoisotopic (exact) mass is 355 g/mol. The SMILES string of the molecule is CCN(CC)C1=N[C@@H](Cc2ccccc2)C(=O)N1c1ccc(Cl)cc1. The summed E-state index contributed by atoms with van der Waals surface area (Å²) in [6, 6.07) is 17.0. The molecule has 2 aromatic carbocycles. The summed E-state index contributed by atoms with van der Waals surface area (Å²) in [5, 5.41) is 0.651. The Hall–Kier alpha value is -2.33. The third-order valence-electron chi connectivity index (χ3n) is 4.38. The fourth-order valence-electron chi connectivity index (χ4n) is 3.03. The predicted molar refractivity (Wildman–Crippen MR) is 103 cm³/mol.